The van der Waals surface area contributed by atoms with Gasteiger partial charge in [0.15, 0.2) is 11.0 Å². The number of thioether (sulfide) groups is 1. The van der Waals surface area contributed by atoms with Crippen molar-refractivity contribution < 1.29 is 4.92 Å². The molecular formula is C22H24ClN5O2S. The second kappa shape index (κ2) is 10.1. The van der Waals surface area contributed by atoms with Crippen molar-refractivity contribution in [1.82, 2.24) is 19.7 Å². The number of aromatic nitrogens is 3. The van der Waals surface area contributed by atoms with E-state index in [0.717, 1.165) is 52.9 Å². The standard InChI is InChI=1S/C22H23N5O2S.ClH/c1-16(13-26-11-10-17-8-9-20(27(28)29)12-19(17)14-26)15-30-22-24-23-21(25(22)2)18-6-4-3-5-7-18;/h3-9,12H,1,10-11,13-15H2,2H3;1H. The van der Waals surface area contributed by atoms with Crippen LogP contribution in [0.15, 0.2) is 65.8 Å². The van der Waals surface area contributed by atoms with Gasteiger partial charge in [-0.25, -0.2) is 0 Å². The number of halogens is 1. The third kappa shape index (κ3) is 5.33. The van der Waals surface area contributed by atoms with Gasteiger partial charge in [0.05, 0.1) is 4.92 Å². The monoisotopic (exact) mass is 457 g/mol. The number of non-ortho nitro benzene ring substituents is 1. The highest BCUT2D eigenvalue weighted by atomic mass is 35.5. The average Bonchev–Trinajstić information content (AvgIpc) is 3.12. The van der Waals surface area contributed by atoms with Crippen LogP contribution in [0, 0.1) is 10.1 Å². The van der Waals surface area contributed by atoms with E-state index in [4.69, 9.17) is 0 Å². The van der Waals surface area contributed by atoms with Crippen LogP contribution >= 0.6 is 24.2 Å². The molecular weight excluding hydrogens is 434 g/mol. The normalized spacial score (nSPS) is 13.3. The second-order valence-corrected chi connectivity index (χ2v) is 8.38. The van der Waals surface area contributed by atoms with Gasteiger partial charge in [-0.1, -0.05) is 60.3 Å². The number of fused-ring (bicyclic) bond motifs is 1. The molecule has 31 heavy (non-hydrogen) atoms. The van der Waals surface area contributed by atoms with Gasteiger partial charge in [-0.2, -0.15) is 0 Å². The van der Waals surface area contributed by atoms with Crippen molar-refractivity contribution in [3.8, 4) is 11.4 Å². The molecule has 0 bridgehead atoms. The van der Waals surface area contributed by atoms with E-state index in [-0.39, 0.29) is 23.0 Å². The van der Waals surface area contributed by atoms with Crippen LogP contribution in [-0.4, -0.2) is 43.4 Å². The molecule has 0 saturated carbocycles. The SMILES string of the molecule is C=C(CSc1nnc(-c2ccccc2)n1C)CN1CCc2ccc([N+](=O)[O-])cc2C1.Cl. The Morgan fingerprint density at radius 2 is 1.97 bits per heavy atom. The molecule has 0 radical (unpaired) electrons. The Balaban J connectivity index is 0.00000272. The summed E-state index contributed by atoms with van der Waals surface area (Å²) < 4.78 is 2.00. The van der Waals surface area contributed by atoms with Crippen LogP contribution in [0.2, 0.25) is 0 Å². The van der Waals surface area contributed by atoms with Crippen LogP contribution in [0.4, 0.5) is 5.69 Å². The van der Waals surface area contributed by atoms with E-state index in [9.17, 15) is 10.1 Å². The molecule has 7 nitrogen and oxygen atoms in total. The van der Waals surface area contributed by atoms with E-state index in [2.05, 4.69) is 21.7 Å². The van der Waals surface area contributed by atoms with Crippen molar-refractivity contribution in [2.45, 2.75) is 18.1 Å². The smallest absolute Gasteiger partial charge is 0.269 e. The van der Waals surface area contributed by atoms with Crippen molar-refractivity contribution >= 4 is 29.9 Å². The lowest BCUT2D eigenvalue weighted by molar-refractivity contribution is -0.385. The van der Waals surface area contributed by atoms with Crippen LogP contribution in [0.3, 0.4) is 0 Å². The predicted molar refractivity (Wildman–Crippen MR) is 126 cm³/mol. The average molecular weight is 458 g/mol. The summed E-state index contributed by atoms with van der Waals surface area (Å²) in [5.41, 5.74) is 4.53. The molecule has 0 N–H and O–H groups in total. The fraction of sp³-hybridized carbons (Fsp3) is 0.273. The Kier molecular flexibility index (Phi) is 7.48. The van der Waals surface area contributed by atoms with Gasteiger partial charge < -0.3 is 4.57 Å². The molecule has 0 saturated heterocycles. The summed E-state index contributed by atoms with van der Waals surface area (Å²) in [5.74, 6) is 1.59. The first kappa shape index (κ1) is 23.0. The van der Waals surface area contributed by atoms with E-state index >= 15 is 0 Å². The number of nitrogens with zero attached hydrogens (tertiary/aromatic N) is 5. The molecule has 162 valence electrons. The maximum absolute atomic E-state index is 11.0. The molecule has 9 heteroatoms. The Morgan fingerprint density at radius 1 is 1.19 bits per heavy atom. The highest BCUT2D eigenvalue weighted by Gasteiger charge is 2.20. The third-order valence-electron chi connectivity index (χ3n) is 5.21. The summed E-state index contributed by atoms with van der Waals surface area (Å²) in [6.07, 6.45) is 0.900. The highest BCUT2D eigenvalue weighted by Crippen LogP contribution is 2.26. The molecule has 0 spiro atoms. The molecule has 1 aliphatic rings. The van der Waals surface area contributed by atoms with Crippen LogP contribution in [0.1, 0.15) is 11.1 Å². The molecule has 1 aliphatic heterocycles. The predicted octanol–water partition coefficient (Wildman–Crippen LogP) is 4.52. The molecule has 2 aromatic carbocycles. The lowest BCUT2D eigenvalue weighted by Gasteiger charge is -2.29. The number of benzene rings is 2. The van der Waals surface area contributed by atoms with Crippen molar-refractivity contribution in [3.63, 3.8) is 0 Å². The summed E-state index contributed by atoms with van der Waals surface area (Å²) in [5, 5.41) is 20.6. The minimum atomic E-state index is -0.334. The van der Waals surface area contributed by atoms with Crippen molar-refractivity contribution in [2.75, 3.05) is 18.8 Å². The van der Waals surface area contributed by atoms with Gasteiger partial charge in [0.25, 0.3) is 5.69 Å². The first-order valence-electron chi connectivity index (χ1n) is 9.74. The van der Waals surface area contributed by atoms with Crippen molar-refractivity contribution in [1.29, 1.82) is 0 Å². The Morgan fingerprint density at radius 3 is 2.71 bits per heavy atom. The van der Waals surface area contributed by atoms with Crippen molar-refractivity contribution in [3.05, 3.63) is 81.9 Å². The maximum Gasteiger partial charge on any atom is 0.269 e. The van der Waals surface area contributed by atoms with Gasteiger partial charge in [0, 0.05) is 50.1 Å². The number of rotatable bonds is 7. The molecule has 1 aromatic heterocycles. The summed E-state index contributed by atoms with van der Waals surface area (Å²) in [7, 11) is 1.97. The second-order valence-electron chi connectivity index (χ2n) is 7.44. The summed E-state index contributed by atoms with van der Waals surface area (Å²) in [4.78, 5) is 13.0. The van der Waals surface area contributed by atoms with E-state index in [1.807, 2.05) is 48.0 Å². The Bertz CT molecular complexity index is 1090. The quantitative estimate of drug-likeness (QED) is 0.225. The molecule has 0 atom stereocenters. The molecule has 4 rings (SSSR count). The molecule has 0 amide bonds. The Labute approximate surface area is 191 Å². The van der Waals surface area contributed by atoms with Crippen LogP contribution in [0.5, 0.6) is 0 Å². The van der Waals surface area contributed by atoms with E-state index < -0.39 is 0 Å². The summed E-state index contributed by atoms with van der Waals surface area (Å²) in [6.45, 7) is 6.63. The fourth-order valence-corrected chi connectivity index (χ4v) is 4.46. The Hall–Kier alpha value is -2.68. The fourth-order valence-electron chi connectivity index (χ4n) is 3.66. The van der Waals surface area contributed by atoms with Crippen molar-refractivity contribution in [2.24, 2.45) is 7.05 Å². The number of hydrogen-bond acceptors (Lipinski definition) is 6. The number of nitro benzene ring substituents is 1. The first-order valence-corrected chi connectivity index (χ1v) is 10.7. The molecule has 2 heterocycles. The third-order valence-corrected chi connectivity index (χ3v) is 6.38. The molecule has 0 aliphatic carbocycles. The molecule has 0 fully saturated rings. The zero-order chi connectivity index (χ0) is 21.1. The van der Waals surface area contributed by atoms with Gasteiger partial charge in [-0.15, -0.1) is 22.6 Å². The molecule has 0 unspecified atom stereocenters. The highest BCUT2D eigenvalue weighted by molar-refractivity contribution is 7.99. The van der Waals surface area contributed by atoms with Crippen LogP contribution in [0.25, 0.3) is 11.4 Å². The van der Waals surface area contributed by atoms with Gasteiger partial charge in [-0.3, -0.25) is 15.0 Å². The number of nitro groups is 1. The largest absolute Gasteiger partial charge is 0.305 e. The summed E-state index contributed by atoms with van der Waals surface area (Å²) in [6, 6.07) is 15.2. The number of hydrogen-bond donors (Lipinski definition) is 0. The maximum atomic E-state index is 11.0. The molecule has 3 aromatic rings. The van der Waals surface area contributed by atoms with E-state index in [0.29, 0.717) is 6.54 Å². The first-order chi connectivity index (χ1) is 14.5. The van der Waals surface area contributed by atoms with E-state index in [1.54, 1.807) is 23.9 Å². The minimum Gasteiger partial charge on any atom is -0.305 e. The van der Waals surface area contributed by atoms with Crippen LogP contribution < -0.4 is 0 Å². The zero-order valence-electron chi connectivity index (χ0n) is 17.2. The van der Waals surface area contributed by atoms with Gasteiger partial charge in [-0.05, 0) is 17.5 Å². The zero-order valence-corrected chi connectivity index (χ0v) is 18.9. The lowest BCUT2D eigenvalue weighted by atomic mass is 9.99. The summed E-state index contributed by atoms with van der Waals surface area (Å²) >= 11 is 1.63. The lowest BCUT2D eigenvalue weighted by Crippen LogP contribution is -2.32. The van der Waals surface area contributed by atoms with Crippen LogP contribution in [-0.2, 0) is 20.0 Å². The van der Waals surface area contributed by atoms with Gasteiger partial charge in [0.1, 0.15) is 0 Å². The minimum absolute atomic E-state index is 0. The van der Waals surface area contributed by atoms with Gasteiger partial charge in [0.2, 0.25) is 0 Å². The van der Waals surface area contributed by atoms with E-state index in [1.165, 1.54) is 5.56 Å². The van der Waals surface area contributed by atoms with Gasteiger partial charge >= 0.3 is 0 Å². The topological polar surface area (TPSA) is 77.1 Å².